The minimum Gasteiger partial charge on any atom is -0.310 e. The van der Waals surface area contributed by atoms with E-state index in [9.17, 15) is 9.59 Å². The maximum Gasteiger partial charge on any atom is 0.225 e. The number of pyridine rings is 1. The minimum absolute atomic E-state index is 0.0671. The van der Waals surface area contributed by atoms with Crippen LogP contribution >= 0.6 is 0 Å². The Morgan fingerprint density at radius 2 is 1.81 bits per heavy atom. The van der Waals surface area contributed by atoms with Gasteiger partial charge in [-0.25, -0.2) is 4.98 Å². The summed E-state index contributed by atoms with van der Waals surface area (Å²) in [5, 5.41) is 2.76. The molecule has 0 aliphatic carbocycles. The van der Waals surface area contributed by atoms with Gasteiger partial charge in [0.1, 0.15) is 5.82 Å². The van der Waals surface area contributed by atoms with Crippen molar-refractivity contribution in [3.05, 3.63) is 59.8 Å². The molecule has 0 aliphatic rings. The van der Waals surface area contributed by atoms with Crippen LogP contribution < -0.4 is 5.32 Å². The van der Waals surface area contributed by atoms with Gasteiger partial charge in [0.05, 0.1) is 0 Å². The van der Waals surface area contributed by atoms with Gasteiger partial charge >= 0.3 is 0 Å². The first-order chi connectivity index (χ1) is 10.2. The third-order valence-corrected chi connectivity index (χ3v) is 3.17. The molecule has 21 heavy (non-hydrogen) atoms. The fourth-order valence-corrected chi connectivity index (χ4v) is 1.99. The number of benzene rings is 1. The van der Waals surface area contributed by atoms with E-state index in [0.29, 0.717) is 30.6 Å². The monoisotopic (exact) mass is 282 g/mol. The minimum atomic E-state index is -0.113. The smallest absolute Gasteiger partial charge is 0.225 e. The van der Waals surface area contributed by atoms with Gasteiger partial charge in [0.2, 0.25) is 5.91 Å². The highest BCUT2D eigenvalue weighted by Gasteiger charge is 2.08. The van der Waals surface area contributed by atoms with Crippen molar-refractivity contribution in [2.24, 2.45) is 0 Å². The van der Waals surface area contributed by atoms with Crippen molar-refractivity contribution in [3.8, 4) is 0 Å². The van der Waals surface area contributed by atoms with Crippen LogP contribution in [0.1, 0.15) is 35.2 Å². The molecule has 0 spiro atoms. The Balaban J connectivity index is 1.77. The summed E-state index contributed by atoms with van der Waals surface area (Å²) in [6, 6.07) is 12.8. The first-order valence-corrected chi connectivity index (χ1v) is 6.96. The van der Waals surface area contributed by atoms with Crippen molar-refractivity contribution in [2.75, 3.05) is 5.32 Å². The molecule has 1 aromatic heterocycles. The molecule has 0 radical (unpaired) electrons. The van der Waals surface area contributed by atoms with E-state index in [1.165, 1.54) is 0 Å². The van der Waals surface area contributed by atoms with Crippen molar-refractivity contribution >= 4 is 17.5 Å². The van der Waals surface area contributed by atoms with Crippen LogP contribution in [0.5, 0.6) is 0 Å². The highest BCUT2D eigenvalue weighted by Crippen LogP contribution is 2.11. The number of carbonyl (C=O) groups is 2. The number of aryl methyl sites for hydroxylation is 1. The van der Waals surface area contributed by atoms with E-state index in [4.69, 9.17) is 0 Å². The third-order valence-electron chi connectivity index (χ3n) is 3.17. The molecule has 0 bridgehead atoms. The SMILES string of the molecule is Cc1cccnc1NC(=O)CCCC(=O)c1ccccc1. The number of anilines is 1. The van der Waals surface area contributed by atoms with E-state index >= 15 is 0 Å². The number of nitrogens with one attached hydrogen (secondary N) is 1. The largest absolute Gasteiger partial charge is 0.310 e. The average molecular weight is 282 g/mol. The third kappa shape index (κ3) is 4.53. The molecule has 0 atom stereocenters. The molecule has 0 unspecified atom stereocenters. The van der Waals surface area contributed by atoms with Crippen LogP contribution in [-0.4, -0.2) is 16.7 Å². The van der Waals surface area contributed by atoms with Crippen molar-refractivity contribution in [3.63, 3.8) is 0 Å². The molecule has 1 N–H and O–H groups in total. The van der Waals surface area contributed by atoms with Gasteiger partial charge in [0, 0.05) is 24.6 Å². The normalized spacial score (nSPS) is 10.1. The Morgan fingerprint density at radius 3 is 2.52 bits per heavy atom. The van der Waals surface area contributed by atoms with Gasteiger partial charge in [-0.15, -0.1) is 0 Å². The van der Waals surface area contributed by atoms with Gasteiger partial charge in [-0.05, 0) is 25.0 Å². The second-order valence-corrected chi connectivity index (χ2v) is 4.86. The molecule has 0 saturated carbocycles. The first kappa shape index (κ1) is 14.9. The van der Waals surface area contributed by atoms with Crippen LogP contribution in [-0.2, 0) is 4.79 Å². The maximum atomic E-state index is 11.9. The molecular formula is C17H18N2O2. The molecule has 108 valence electrons. The molecule has 0 aliphatic heterocycles. The lowest BCUT2D eigenvalue weighted by Gasteiger charge is -2.06. The second-order valence-electron chi connectivity index (χ2n) is 4.86. The van der Waals surface area contributed by atoms with Crippen LogP contribution in [0.3, 0.4) is 0 Å². The van der Waals surface area contributed by atoms with E-state index < -0.39 is 0 Å². The van der Waals surface area contributed by atoms with Gasteiger partial charge in [-0.3, -0.25) is 9.59 Å². The zero-order valence-corrected chi connectivity index (χ0v) is 12.0. The van der Waals surface area contributed by atoms with Gasteiger partial charge in [0.25, 0.3) is 0 Å². The van der Waals surface area contributed by atoms with Crippen molar-refractivity contribution < 1.29 is 9.59 Å². The lowest BCUT2D eigenvalue weighted by molar-refractivity contribution is -0.116. The molecule has 1 heterocycles. The van der Waals surface area contributed by atoms with Crippen LogP contribution in [0.25, 0.3) is 0 Å². The fraction of sp³-hybridized carbons (Fsp3) is 0.235. The predicted molar refractivity (Wildman–Crippen MR) is 82.2 cm³/mol. The van der Waals surface area contributed by atoms with Crippen LogP contribution in [0.15, 0.2) is 48.7 Å². The average Bonchev–Trinajstić information content (AvgIpc) is 2.50. The Labute approximate surface area is 124 Å². The Morgan fingerprint density at radius 1 is 1.05 bits per heavy atom. The number of carbonyl (C=O) groups excluding carboxylic acids is 2. The highest BCUT2D eigenvalue weighted by molar-refractivity contribution is 5.96. The van der Waals surface area contributed by atoms with Crippen molar-refractivity contribution in [1.82, 2.24) is 4.98 Å². The van der Waals surface area contributed by atoms with Crippen LogP contribution in [0, 0.1) is 6.92 Å². The fourth-order valence-electron chi connectivity index (χ4n) is 1.99. The zero-order valence-electron chi connectivity index (χ0n) is 12.0. The number of hydrogen-bond donors (Lipinski definition) is 1. The molecular weight excluding hydrogens is 264 g/mol. The number of Topliss-reactive ketones (excluding diaryl/α,β-unsaturated/α-hetero) is 1. The van der Waals surface area contributed by atoms with E-state index in [0.717, 1.165) is 5.56 Å². The molecule has 1 aromatic carbocycles. The summed E-state index contributed by atoms with van der Waals surface area (Å²) in [6.45, 7) is 1.89. The van der Waals surface area contributed by atoms with Gasteiger partial charge in [-0.1, -0.05) is 36.4 Å². The van der Waals surface area contributed by atoms with Gasteiger partial charge in [-0.2, -0.15) is 0 Å². The van der Waals surface area contributed by atoms with Crippen molar-refractivity contribution in [2.45, 2.75) is 26.2 Å². The lowest BCUT2D eigenvalue weighted by atomic mass is 10.1. The second kappa shape index (κ2) is 7.33. The summed E-state index contributed by atoms with van der Waals surface area (Å²) in [4.78, 5) is 27.8. The molecule has 0 fully saturated rings. The van der Waals surface area contributed by atoms with E-state index in [1.54, 1.807) is 18.3 Å². The molecule has 2 aromatic rings. The Kier molecular flexibility index (Phi) is 5.21. The standard InChI is InChI=1S/C17H18N2O2/c1-13-7-6-12-18-17(13)19-16(21)11-5-10-15(20)14-8-3-2-4-9-14/h2-4,6-9,12H,5,10-11H2,1H3,(H,18,19,21). The molecule has 4 nitrogen and oxygen atoms in total. The number of hydrogen-bond acceptors (Lipinski definition) is 3. The number of nitrogens with zero attached hydrogens (tertiary/aromatic N) is 1. The summed E-state index contributed by atoms with van der Waals surface area (Å²) < 4.78 is 0. The Bertz CT molecular complexity index is 624. The lowest BCUT2D eigenvalue weighted by Crippen LogP contribution is -2.13. The summed E-state index contributed by atoms with van der Waals surface area (Å²) in [5.74, 6) is 0.534. The summed E-state index contributed by atoms with van der Waals surface area (Å²) in [7, 11) is 0. The quantitative estimate of drug-likeness (QED) is 0.826. The van der Waals surface area contributed by atoms with Crippen molar-refractivity contribution in [1.29, 1.82) is 0 Å². The Hall–Kier alpha value is -2.49. The van der Waals surface area contributed by atoms with Gasteiger partial charge in [0.15, 0.2) is 5.78 Å². The molecule has 2 rings (SSSR count). The van der Waals surface area contributed by atoms with Crippen LogP contribution in [0.4, 0.5) is 5.82 Å². The number of ketones is 1. The summed E-state index contributed by atoms with van der Waals surface area (Å²) >= 11 is 0. The maximum absolute atomic E-state index is 11.9. The number of amides is 1. The number of aromatic nitrogens is 1. The van der Waals surface area contributed by atoms with Crippen LogP contribution in [0.2, 0.25) is 0 Å². The first-order valence-electron chi connectivity index (χ1n) is 6.96. The zero-order chi connectivity index (χ0) is 15.1. The van der Waals surface area contributed by atoms with E-state index in [1.807, 2.05) is 37.3 Å². The molecule has 0 saturated heterocycles. The van der Waals surface area contributed by atoms with Gasteiger partial charge < -0.3 is 5.32 Å². The molecule has 1 amide bonds. The predicted octanol–water partition coefficient (Wildman–Crippen LogP) is 3.38. The van der Waals surface area contributed by atoms with E-state index in [2.05, 4.69) is 10.3 Å². The highest BCUT2D eigenvalue weighted by atomic mass is 16.1. The summed E-state index contributed by atoms with van der Waals surface area (Å²) in [5.41, 5.74) is 1.62. The van der Waals surface area contributed by atoms with E-state index in [-0.39, 0.29) is 11.7 Å². The topological polar surface area (TPSA) is 59.1 Å². The summed E-state index contributed by atoms with van der Waals surface area (Å²) in [6.07, 6.45) is 2.86. The number of rotatable bonds is 6. The molecule has 4 heteroatoms.